The number of fused-ring (bicyclic) bond motifs is 1. The molecular weight excluding hydrogens is 430 g/mol. The van der Waals surface area contributed by atoms with Gasteiger partial charge in [-0.25, -0.2) is 23.1 Å². The van der Waals surface area contributed by atoms with E-state index in [1.165, 1.54) is 23.4 Å². The number of aliphatic hydroxyl groups is 1. The van der Waals surface area contributed by atoms with Gasteiger partial charge in [0.25, 0.3) is 0 Å². The number of aromatic nitrogens is 7. The predicted molar refractivity (Wildman–Crippen MR) is 113 cm³/mol. The molecule has 0 bridgehead atoms. The van der Waals surface area contributed by atoms with Gasteiger partial charge in [-0.2, -0.15) is 5.10 Å². The second-order valence-corrected chi connectivity index (χ2v) is 8.13. The van der Waals surface area contributed by atoms with Crippen molar-refractivity contribution in [3.8, 4) is 11.3 Å². The van der Waals surface area contributed by atoms with Crippen LogP contribution in [0.2, 0.25) is 0 Å². The molecule has 1 aliphatic rings. The van der Waals surface area contributed by atoms with Crippen molar-refractivity contribution in [2.24, 2.45) is 0 Å². The molecule has 0 spiro atoms. The van der Waals surface area contributed by atoms with E-state index in [1.54, 1.807) is 12.4 Å². The number of benzene rings is 1. The molecule has 1 aliphatic heterocycles. The molecule has 4 aromatic rings. The van der Waals surface area contributed by atoms with Crippen molar-refractivity contribution >= 4 is 0 Å². The van der Waals surface area contributed by atoms with E-state index in [1.807, 2.05) is 28.6 Å². The van der Waals surface area contributed by atoms with Crippen LogP contribution < -0.4 is 0 Å². The lowest BCUT2D eigenvalue weighted by Gasteiger charge is -2.42. The third-order valence-electron chi connectivity index (χ3n) is 6.25. The highest BCUT2D eigenvalue weighted by atomic mass is 19.1. The summed E-state index contributed by atoms with van der Waals surface area (Å²) in [5, 5.41) is 24.6. The van der Waals surface area contributed by atoms with Gasteiger partial charge < -0.3 is 5.11 Å². The largest absolute Gasteiger partial charge is 0.381 e. The van der Waals surface area contributed by atoms with Crippen LogP contribution in [0, 0.1) is 11.6 Å². The number of nitrogens with zero attached hydrogens (tertiary/aromatic N) is 8. The molecule has 1 aromatic carbocycles. The first-order valence-corrected chi connectivity index (χ1v) is 10.5. The molecule has 0 aliphatic carbocycles. The van der Waals surface area contributed by atoms with Crippen LogP contribution >= 0.6 is 0 Å². The van der Waals surface area contributed by atoms with Gasteiger partial charge in [-0.1, -0.05) is 11.3 Å². The highest BCUT2D eigenvalue weighted by Gasteiger charge is 2.43. The maximum absolute atomic E-state index is 14.9. The predicted octanol–water partition coefficient (Wildman–Crippen LogP) is 2.00. The Morgan fingerprint density at radius 1 is 1.12 bits per heavy atom. The molecule has 170 valence electrons. The molecule has 0 unspecified atom stereocenters. The quantitative estimate of drug-likeness (QED) is 0.478. The Kier molecular flexibility index (Phi) is 5.43. The van der Waals surface area contributed by atoms with Gasteiger partial charge in [-0.3, -0.25) is 9.88 Å². The fourth-order valence-electron chi connectivity index (χ4n) is 4.37. The molecule has 3 aromatic heterocycles. The lowest BCUT2D eigenvalue weighted by atomic mass is 9.85. The van der Waals surface area contributed by atoms with Crippen LogP contribution in [0.1, 0.15) is 18.2 Å². The van der Waals surface area contributed by atoms with Crippen molar-refractivity contribution in [1.82, 2.24) is 39.6 Å². The van der Waals surface area contributed by atoms with E-state index in [2.05, 4.69) is 25.4 Å². The SMILES string of the molecule is C[C@@H](N1CCn2nnc(-c3ccncc3)c2C1)[C@](O)(Cn1cncn1)c1ccc(F)cc1F. The highest BCUT2D eigenvalue weighted by molar-refractivity contribution is 5.60. The monoisotopic (exact) mass is 452 g/mol. The van der Waals surface area contributed by atoms with Crippen LogP contribution in [0.3, 0.4) is 0 Å². The van der Waals surface area contributed by atoms with Gasteiger partial charge in [0, 0.05) is 48.7 Å². The van der Waals surface area contributed by atoms with Crippen LogP contribution in [0.4, 0.5) is 8.78 Å². The zero-order chi connectivity index (χ0) is 23.0. The van der Waals surface area contributed by atoms with E-state index in [0.29, 0.717) is 19.6 Å². The Bertz CT molecular complexity index is 1250. The molecule has 0 radical (unpaired) electrons. The molecule has 11 heteroatoms. The minimum absolute atomic E-state index is 0.00142. The summed E-state index contributed by atoms with van der Waals surface area (Å²) in [7, 11) is 0. The van der Waals surface area contributed by atoms with Crippen molar-refractivity contribution in [2.75, 3.05) is 6.54 Å². The summed E-state index contributed by atoms with van der Waals surface area (Å²) in [5.74, 6) is -1.52. The molecule has 0 saturated carbocycles. The molecule has 0 amide bonds. The molecular formula is C22H22F2N8O. The minimum atomic E-state index is -1.71. The Labute approximate surface area is 188 Å². The molecule has 2 atom stereocenters. The standard InChI is InChI=1S/C22H22F2N8O/c1-15(22(33,12-31-14-26-13-27-31)18-3-2-17(23)10-19(18)24)30-8-9-32-20(11-30)21(28-29-32)16-4-6-25-7-5-16/h2-7,10,13-15,33H,8-9,11-12H2,1H3/t15-,22-/m1/s1. The third-order valence-corrected chi connectivity index (χ3v) is 6.25. The van der Waals surface area contributed by atoms with Gasteiger partial charge in [0.05, 0.1) is 18.8 Å². The maximum atomic E-state index is 14.9. The molecule has 0 fully saturated rings. The Hall–Kier alpha value is -3.57. The van der Waals surface area contributed by atoms with Crippen LogP contribution in [0.5, 0.6) is 0 Å². The highest BCUT2D eigenvalue weighted by Crippen LogP contribution is 2.35. The molecule has 5 rings (SSSR count). The van der Waals surface area contributed by atoms with Crippen LogP contribution in [-0.4, -0.2) is 57.3 Å². The number of rotatable bonds is 6. The smallest absolute Gasteiger partial charge is 0.137 e. The molecule has 9 nitrogen and oxygen atoms in total. The number of halogens is 2. The van der Waals surface area contributed by atoms with Gasteiger partial charge in [0.2, 0.25) is 0 Å². The zero-order valence-corrected chi connectivity index (χ0v) is 17.9. The summed E-state index contributed by atoms with van der Waals surface area (Å²) in [6, 6.07) is 6.38. The van der Waals surface area contributed by atoms with Crippen molar-refractivity contribution in [1.29, 1.82) is 0 Å². The number of hydrogen-bond donors (Lipinski definition) is 1. The lowest BCUT2D eigenvalue weighted by molar-refractivity contribution is -0.0710. The van der Waals surface area contributed by atoms with Crippen molar-refractivity contribution < 1.29 is 13.9 Å². The normalized spacial score (nSPS) is 16.8. The second-order valence-electron chi connectivity index (χ2n) is 8.13. The summed E-state index contributed by atoms with van der Waals surface area (Å²) < 4.78 is 31.8. The van der Waals surface area contributed by atoms with E-state index < -0.39 is 23.3 Å². The van der Waals surface area contributed by atoms with Crippen LogP contribution in [0.15, 0.2) is 55.4 Å². The topological polar surface area (TPSA) is 97.8 Å². The first-order chi connectivity index (χ1) is 16.0. The molecule has 33 heavy (non-hydrogen) atoms. The van der Waals surface area contributed by atoms with Crippen molar-refractivity contribution in [3.63, 3.8) is 0 Å². The average Bonchev–Trinajstić information content (AvgIpc) is 3.48. The summed E-state index contributed by atoms with van der Waals surface area (Å²) in [5.41, 5.74) is 0.809. The van der Waals surface area contributed by atoms with Crippen LogP contribution in [0.25, 0.3) is 11.3 Å². The average molecular weight is 452 g/mol. The van der Waals surface area contributed by atoms with Gasteiger partial charge in [0.15, 0.2) is 0 Å². The summed E-state index contributed by atoms with van der Waals surface area (Å²) in [4.78, 5) is 10.0. The maximum Gasteiger partial charge on any atom is 0.137 e. The van der Waals surface area contributed by atoms with Crippen molar-refractivity contribution in [2.45, 2.75) is 38.2 Å². The fourth-order valence-corrected chi connectivity index (χ4v) is 4.37. The molecule has 0 saturated heterocycles. The third kappa shape index (κ3) is 3.89. The van der Waals surface area contributed by atoms with Gasteiger partial charge in [-0.05, 0) is 25.1 Å². The van der Waals surface area contributed by atoms with Crippen LogP contribution in [-0.2, 0) is 25.2 Å². The Morgan fingerprint density at radius 2 is 1.94 bits per heavy atom. The molecule has 4 heterocycles. The van der Waals surface area contributed by atoms with E-state index in [0.717, 1.165) is 29.1 Å². The number of pyridine rings is 1. The lowest BCUT2D eigenvalue weighted by Crippen LogP contribution is -2.53. The Balaban J connectivity index is 1.51. The zero-order valence-electron chi connectivity index (χ0n) is 17.9. The van der Waals surface area contributed by atoms with Gasteiger partial charge >= 0.3 is 0 Å². The minimum Gasteiger partial charge on any atom is -0.381 e. The van der Waals surface area contributed by atoms with Crippen molar-refractivity contribution in [3.05, 3.63) is 78.3 Å². The Morgan fingerprint density at radius 3 is 2.67 bits per heavy atom. The van der Waals surface area contributed by atoms with E-state index in [4.69, 9.17) is 0 Å². The van der Waals surface area contributed by atoms with Gasteiger partial charge in [-0.15, -0.1) is 5.10 Å². The summed E-state index contributed by atoms with van der Waals surface area (Å²) in [6.07, 6.45) is 6.19. The number of hydrogen-bond acceptors (Lipinski definition) is 7. The molecule has 1 N–H and O–H groups in total. The van der Waals surface area contributed by atoms with E-state index in [9.17, 15) is 13.9 Å². The van der Waals surface area contributed by atoms with E-state index in [-0.39, 0.29) is 12.1 Å². The fraction of sp³-hybridized carbons (Fsp3) is 0.318. The first kappa shape index (κ1) is 21.3. The summed E-state index contributed by atoms with van der Waals surface area (Å²) >= 11 is 0. The van der Waals surface area contributed by atoms with E-state index >= 15 is 0 Å². The first-order valence-electron chi connectivity index (χ1n) is 10.5. The second kappa shape index (κ2) is 8.41. The summed E-state index contributed by atoms with van der Waals surface area (Å²) in [6.45, 7) is 3.33. The van der Waals surface area contributed by atoms with Gasteiger partial charge in [0.1, 0.15) is 35.6 Å².